The molecule has 0 bridgehead atoms. The van der Waals surface area contributed by atoms with Gasteiger partial charge in [0.05, 0.1) is 11.8 Å². The lowest BCUT2D eigenvalue weighted by Crippen LogP contribution is -2.26. The molecule has 0 spiro atoms. The van der Waals surface area contributed by atoms with Crippen LogP contribution < -0.4 is 10.6 Å². The van der Waals surface area contributed by atoms with Gasteiger partial charge in [0.25, 0.3) is 0 Å². The molecule has 0 aromatic rings. The van der Waals surface area contributed by atoms with Crippen molar-refractivity contribution in [1.29, 1.82) is 0 Å². The lowest BCUT2D eigenvalue weighted by atomic mass is 10.4. The van der Waals surface area contributed by atoms with Crippen LogP contribution in [0.2, 0.25) is 0 Å². The highest BCUT2D eigenvalue weighted by Gasteiger charge is 2.15. The topological polar surface area (TPSA) is 113 Å². The number of carbonyl (C=O) groups excluding carboxylic acids is 3. The Morgan fingerprint density at radius 2 is 1.82 bits per heavy atom. The molecular weight excluding hydrogens is 296 g/mol. The van der Waals surface area contributed by atoms with Gasteiger partial charge in [-0.25, -0.2) is 0 Å². The van der Waals surface area contributed by atoms with Gasteiger partial charge in [-0.15, -0.1) is 0 Å². The second-order valence-corrected chi connectivity index (χ2v) is 3.66. The van der Waals surface area contributed by atoms with Gasteiger partial charge in [0, 0.05) is 19.4 Å². The minimum absolute atomic E-state index is 0.0290. The number of nitrogens with one attached hydrogen (secondary N) is 2. The van der Waals surface area contributed by atoms with Crippen LogP contribution >= 0.6 is 15.9 Å². The van der Waals surface area contributed by atoms with E-state index < -0.39 is 5.97 Å². The summed E-state index contributed by atoms with van der Waals surface area (Å²) in [5.74, 6) is -1.40. The molecule has 17 heavy (non-hydrogen) atoms. The summed E-state index contributed by atoms with van der Waals surface area (Å²) in [6, 6.07) is 0. The van der Waals surface area contributed by atoms with Crippen molar-refractivity contribution in [3.05, 3.63) is 0 Å². The largest absolute Gasteiger partial charge is 0.481 e. The number of alkyl halides is 1. The van der Waals surface area contributed by atoms with E-state index in [2.05, 4.69) is 26.6 Å². The Morgan fingerprint density at radius 1 is 1.29 bits per heavy atom. The van der Waals surface area contributed by atoms with E-state index in [1.54, 1.807) is 0 Å². The van der Waals surface area contributed by atoms with E-state index in [0.717, 1.165) is 0 Å². The predicted molar refractivity (Wildman–Crippen MR) is 61.4 cm³/mol. The Morgan fingerprint density at radius 3 is 2.12 bits per heavy atom. The van der Waals surface area contributed by atoms with Gasteiger partial charge >= 0.3 is 5.97 Å². The zero-order valence-electron chi connectivity index (χ0n) is 8.99. The van der Waals surface area contributed by atoms with Crippen LogP contribution in [0.25, 0.3) is 0 Å². The van der Waals surface area contributed by atoms with Gasteiger partial charge in [-0.05, 0) is 0 Å². The second-order valence-electron chi connectivity index (χ2n) is 3.10. The van der Waals surface area contributed by atoms with E-state index in [9.17, 15) is 19.2 Å². The van der Waals surface area contributed by atoms with Crippen LogP contribution in [0.3, 0.4) is 0 Å². The normalized spacial score (nSPS) is 13.5. The van der Waals surface area contributed by atoms with Crippen molar-refractivity contribution in [2.75, 3.05) is 11.9 Å². The molecule has 0 aromatic carbocycles. The maximum absolute atomic E-state index is 10.4. The van der Waals surface area contributed by atoms with Crippen LogP contribution in [0.5, 0.6) is 0 Å². The lowest BCUT2D eigenvalue weighted by Gasteiger charge is -1.97. The summed E-state index contributed by atoms with van der Waals surface area (Å²) in [5, 5.41) is 12.9. The minimum Gasteiger partial charge on any atom is -0.481 e. The molecule has 7 nitrogen and oxygen atoms in total. The molecule has 1 fully saturated rings. The Bertz CT molecular complexity index is 305. The zero-order chi connectivity index (χ0) is 13.3. The number of hydrogen-bond donors (Lipinski definition) is 3. The second kappa shape index (κ2) is 8.68. The number of hydrogen-bond acceptors (Lipinski definition) is 4. The van der Waals surface area contributed by atoms with Gasteiger partial charge in [-0.3, -0.25) is 24.5 Å². The molecular formula is C9H13BrN2O5. The van der Waals surface area contributed by atoms with Crippen LogP contribution in [-0.4, -0.2) is 40.7 Å². The first-order valence-corrected chi connectivity index (χ1v) is 5.95. The Labute approximate surface area is 106 Å². The molecule has 0 radical (unpaired) electrons. The molecule has 1 aliphatic heterocycles. The maximum atomic E-state index is 10.4. The van der Waals surface area contributed by atoms with Crippen molar-refractivity contribution in [2.24, 2.45) is 0 Å². The molecule has 0 unspecified atom stereocenters. The van der Waals surface area contributed by atoms with Crippen molar-refractivity contribution in [3.63, 3.8) is 0 Å². The Hall–Kier alpha value is -1.44. The van der Waals surface area contributed by atoms with E-state index in [1.807, 2.05) is 0 Å². The van der Waals surface area contributed by atoms with Gasteiger partial charge in [0.15, 0.2) is 0 Å². The molecule has 1 rings (SSSR count). The number of amides is 3. The number of aliphatic carboxylic acids is 1. The van der Waals surface area contributed by atoms with Gasteiger partial charge in [-0.2, -0.15) is 0 Å². The molecule has 1 heterocycles. The van der Waals surface area contributed by atoms with Crippen LogP contribution in [0.1, 0.15) is 19.3 Å². The summed E-state index contributed by atoms with van der Waals surface area (Å²) in [4.78, 5) is 40.6. The molecule has 0 atom stereocenters. The summed E-state index contributed by atoms with van der Waals surface area (Å²) in [6.07, 6.45) is 0.719. The number of imide groups is 1. The molecule has 96 valence electrons. The summed E-state index contributed by atoms with van der Waals surface area (Å²) in [7, 11) is 0. The molecule has 0 aromatic heterocycles. The first-order chi connectivity index (χ1) is 7.95. The quantitative estimate of drug-likeness (QED) is 0.474. The molecule has 1 aliphatic rings. The lowest BCUT2D eigenvalue weighted by molar-refractivity contribution is -0.137. The number of carboxylic acid groups (broad SMARTS) is 1. The van der Waals surface area contributed by atoms with Gasteiger partial charge in [0.1, 0.15) is 0 Å². The Balaban J connectivity index is 0.000000318. The number of rotatable bonds is 4. The standard InChI is InChI=1S/C5H8BrNO3.C4H5NO2/c6-3-4(8)7-2-1-5(9)10;6-3-1-2-4(7)5-3/h1-3H2,(H,7,8)(H,9,10);1-2H2,(H,5,6,7). The van der Waals surface area contributed by atoms with Crippen molar-refractivity contribution in [1.82, 2.24) is 10.6 Å². The van der Waals surface area contributed by atoms with Crippen molar-refractivity contribution in [2.45, 2.75) is 19.3 Å². The van der Waals surface area contributed by atoms with Crippen LogP contribution in [0.15, 0.2) is 0 Å². The third kappa shape index (κ3) is 9.49. The maximum Gasteiger partial charge on any atom is 0.305 e. The first kappa shape index (κ1) is 15.6. The molecule has 3 N–H and O–H groups in total. The molecule has 8 heteroatoms. The van der Waals surface area contributed by atoms with Crippen LogP contribution in [0, 0.1) is 0 Å². The highest BCUT2D eigenvalue weighted by Crippen LogP contribution is 1.95. The van der Waals surface area contributed by atoms with Gasteiger partial charge in [-0.1, -0.05) is 15.9 Å². The highest BCUT2D eigenvalue weighted by molar-refractivity contribution is 9.09. The number of halogens is 1. The number of carbonyl (C=O) groups is 4. The van der Waals surface area contributed by atoms with Crippen molar-refractivity contribution >= 4 is 39.6 Å². The van der Waals surface area contributed by atoms with Crippen molar-refractivity contribution in [3.8, 4) is 0 Å². The summed E-state index contributed by atoms with van der Waals surface area (Å²) >= 11 is 2.92. The number of carboxylic acids is 1. The third-order valence-electron chi connectivity index (χ3n) is 1.64. The smallest absolute Gasteiger partial charge is 0.305 e. The van der Waals surface area contributed by atoms with Gasteiger partial charge < -0.3 is 10.4 Å². The average molecular weight is 309 g/mol. The van der Waals surface area contributed by atoms with Gasteiger partial charge in [0.2, 0.25) is 17.7 Å². The average Bonchev–Trinajstić information content (AvgIpc) is 2.62. The zero-order valence-corrected chi connectivity index (χ0v) is 10.6. The SMILES string of the molecule is O=C(O)CCNC(=O)CBr.O=C1CCC(=O)N1. The predicted octanol–water partition coefficient (Wildman–Crippen LogP) is -0.605. The minimum atomic E-state index is -0.908. The first-order valence-electron chi connectivity index (χ1n) is 4.83. The van der Waals surface area contributed by atoms with Crippen LogP contribution in [-0.2, 0) is 19.2 Å². The fourth-order valence-corrected chi connectivity index (χ4v) is 1.06. The fourth-order valence-electron chi connectivity index (χ4n) is 0.864. The molecule has 3 amide bonds. The Kier molecular flexibility index (Phi) is 7.95. The van der Waals surface area contributed by atoms with E-state index in [4.69, 9.17) is 5.11 Å². The van der Waals surface area contributed by atoms with E-state index in [-0.39, 0.29) is 36.0 Å². The molecule has 0 aliphatic carbocycles. The van der Waals surface area contributed by atoms with Crippen molar-refractivity contribution < 1.29 is 24.3 Å². The van der Waals surface area contributed by atoms with E-state index >= 15 is 0 Å². The summed E-state index contributed by atoms with van der Waals surface area (Å²) in [5.41, 5.74) is 0. The van der Waals surface area contributed by atoms with E-state index in [0.29, 0.717) is 12.8 Å². The molecule has 0 saturated carbocycles. The molecule has 1 saturated heterocycles. The van der Waals surface area contributed by atoms with Crippen LogP contribution in [0.4, 0.5) is 0 Å². The highest BCUT2D eigenvalue weighted by atomic mass is 79.9. The monoisotopic (exact) mass is 308 g/mol. The summed E-state index contributed by atoms with van der Waals surface area (Å²) in [6.45, 7) is 0.194. The fraction of sp³-hybridized carbons (Fsp3) is 0.556. The summed E-state index contributed by atoms with van der Waals surface area (Å²) < 4.78 is 0. The third-order valence-corrected chi connectivity index (χ3v) is 2.15. The van der Waals surface area contributed by atoms with E-state index in [1.165, 1.54) is 0 Å².